The minimum Gasteiger partial charge on any atom is -0.480 e. The number of nitrogens with zero attached hydrogens (tertiary/aromatic N) is 1. The molecule has 0 aromatic rings. The molecule has 0 saturated heterocycles. The Kier molecular flexibility index (Phi) is 6.43. The number of hydrogen-bond acceptors (Lipinski definition) is 3. The summed E-state index contributed by atoms with van der Waals surface area (Å²) in [6.07, 6.45) is 0.591. The topological polar surface area (TPSA) is 66.6 Å². The third-order valence-corrected chi connectivity index (χ3v) is 2.92. The molecule has 0 aromatic heterocycles. The fourth-order valence-corrected chi connectivity index (χ4v) is 1.58. The SMILES string of the molecule is CCC(C(=O)O)N(CC)CC(C)C(N)=S. The van der Waals surface area contributed by atoms with E-state index in [-0.39, 0.29) is 5.92 Å². The Morgan fingerprint density at radius 1 is 1.53 bits per heavy atom. The molecule has 5 heteroatoms. The van der Waals surface area contributed by atoms with Crippen molar-refractivity contribution in [1.82, 2.24) is 4.90 Å². The molecule has 2 unspecified atom stereocenters. The summed E-state index contributed by atoms with van der Waals surface area (Å²) in [6, 6.07) is -0.438. The highest BCUT2D eigenvalue weighted by molar-refractivity contribution is 7.80. The van der Waals surface area contributed by atoms with Gasteiger partial charge in [-0.2, -0.15) is 0 Å². The molecule has 2 atom stereocenters. The van der Waals surface area contributed by atoms with E-state index in [0.29, 0.717) is 24.5 Å². The van der Waals surface area contributed by atoms with Crippen LogP contribution < -0.4 is 5.73 Å². The van der Waals surface area contributed by atoms with E-state index in [9.17, 15) is 4.79 Å². The Hall–Kier alpha value is -0.680. The second kappa shape index (κ2) is 6.74. The molecule has 0 heterocycles. The van der Waals surface area contributed by atoms with Crippen molar-refractivity contribution in [2.45, 2.75) is 33.2 Å². The maximum atomic E-state index is 11.0. The van der Waals surface area contributed by atoms with Crippen LogP contribution in [0.5, 0.6) is 0 Å². The molecule has 0 radical (unpaired) electrons. The van der Waals surface area contributed by atoms with Gasteiger partial charge in [0.05, 0.1) is 4.99 Å². The summed E-state index contributed by atoms with van der Waals surface area (Å²) in [7, 11) is 0. The highest BCUT2D eigenvalue weighted by Gasteiger charge is 2.24. The minimum absolute atomic E-state index is 0.0494. The fourth-order valence-electron chi connectivity index (χ4n) is 1.51. The minimum atomic E-state index is -0.783. The lowest BCUT2D eigenvalue weighted by molar-refractivity contribution is -0.143. The Morgan fingerprint density at radius 3 is 2.33 bits per heavy atom. The van der Waals surface area contributed by atoms with Crippen LogP contribution in [0.3, 0.4) is 0 Å². The van der Waals surface area contributed by atoms with Gasteiger partial charge in [-0.1, -0.05) is 33.0 Å². The first-order chi connectivity index (χ1) is 6.93. The number of thiocarbonyl (C=S) groups is 1. The lowest BCUT2D eigenvalue weighted by Gasteiger charge is -2.28. The molecule has 0 fully saturated rings. The average Bonchev–Trinajstić information content (AvgIpc) is 2.16. The molecule has 0 aromatic carbocycles. The van der Waals surface area contributed by atoms with Crippen LogP contribution in [0.4, 0.5) is 0 Å². The second-order valence-electron chi connectivity index (χ2n) is 3.65. The van der Waals surface area contributed by atoms with Gasteiger partial charge < -0.3 is 10.8 Å². The first kappa shape index (κ1) is 14.3. The molecule has 0 aliphatic heterocycles. The molecule has 0 bridgehead atoms. The van der Waals surface area contributed by atoms with Gasteiger partial charge in [0.15, 0.2) is 0 Å². The van der Waals surface area contributed by atoms with Crippen LogP contribution in [-0.4, -0.2) is 40.1 Å². The normalized spacial score (nSPS) is 14.9. The number of likely N-dealkylation sites (N-methyl/N-ethyl adjacent to an activating group) is 1. The Morgan fingerprint density at radius 2 is 2.07 bits per heavy atom. The molecular weight excluding hydrogens is 212 g/mol. The Bertz CT molecular complexity index is 233. The standard InChI is InChI=1S/C10H20N2O2S/c1-4-8(10(13)14)12(5-2)6-7(3)9(11)15/h7-8H,4-6H2,1-3H3,(H2,11,15)(H,13,14). The van der Waals surface area contributed by atoms with E-state index in [1.807, 2.05) is 25.7 Å². The largest absolute Gasteiger partial charge is 0.480 e. The van der Waals surface area contributed by atoms with Crippen LogP contribution in [-0.2, 0) is 4.79 Å². The fraction of sp³-hybridized carbons (Fsp3) is 0.800. The van der Waals surface area contributed by atoms with Crippen LogP contribution in [0.1, 0.15) is 27.2 Å². The summed E-state index contributed by atoms with van der Waals surface area (Å²) >= 11 is 4.88. The van der Waals surface area contributed by atoms with Crippen LogP contribution in [0.15, 0.2) is 0 Å². The number of carboxylic acids is 1. The third-order valence-electron chi connectivity index (χ3n) is 2.51. The van der Waals surface area contributed by atoms with Gasteiger partial charge in [0.25, 0.3) is 0 Å². The van der Waals surface area contributed by atoms with Gasteiger partial charge in [0, 0.05) is 12.5 Å². The van der Waals surface area contributed by atoms with E-state index in [1.165, 1.54) is 0 Å². The second-order valence-corrected chi connectivity index (χ2v) is 4.12. The number of hydrogen-bond donors (Lipinski definition) is 2. The molecular formula is C10H20N2O2S. The van der Waals surface area contributed by atoms with Crippen molar-refractivity contribution >= 4 is 23.2 Å². The van der Waals surface area contributed by atoms with Crippen molar-refractivity contribution < 1.29 is 9.90 Å². The Labute approximate surface area is 96.4 Å². The van der Waals surface area contributed by atoms with Crippen molar-refractivity contribution in [3.05, 3.63) is 0 Å². The van der Waals surface area contributed by atoms with Crippen molar-refractivity contribution in [3.63, 3.8) is 0 Å². The molecule has 4 nitrogen and oxygen atoms in total. The van der Waals surface area contributed by atoms with Gasteiger partial charge in [-0.05, 0) is 13.0 Å². The highest BCUT2D eigenvalue weighted by Crippen LogP contribution is 2.08. The molecule has 0 saturated carbocycles. The summed E-state index contributed by atoms with van der Waals surface area (Å²) in [5.41, 5.74) is 5.51. The maximum absolute atomic E-state index is 11.0. The van der Waals surface area contributed by atoms with E-state index in [1.54, 1.807) is 0 Å². The van der Waals surface area contributed by atoms with Gasteiger partial charge >= 0.3 is 5.97 Å². The maximum Gasteiger partial charge on any atom is 0.320 e. The summed E-state index contributed by atoms with van der Waals surface area (Å²) < 4.78 is 0. The summed E-state index contributed by atoms with van der Waals surface area (Å²) in [5.74, 6) is -0.733. The van der Waals surface area contributed by atoms with Gasteiger partial charge in [-0.3, -0.25) is 9.69 Å². The zero-order valence-corrected chi connectivity index (χ0v) is 10.4. The zero-order valence-electron chi connectivity index (χ0n) is 9.56. The number of aliphatic carboxylic acids is 1. The van der Waals surface area contributed by atoms with E-state index < -0.39 is 12.0 Å². The molecule has 88 valence electrons. The van der Waals surface area contributed by atoms with E-state index in [0.717, 1.165) is 0 Å². The number of nitrogens with two attached hydrogens (primary N) is 1. The first-order valence-electron chi connectivity index (χ1n) is 5.20. The van der Waals surface area contributed by atoms with Crippen molar-refractivity contribution in [3.8, 4) is 0 Å². The third kappa shape index (κ3) is 4.57. The smallest absolute Gasteiger partial charge is 0.320 e. The summed E-state index contributed by atoms with van der Waals surface area (Å²) in [4.78, 5) is 13.3. The average molecular weight is 232 g/mol. The zero-order chi connectivity index (χ0) is 12.0. The first-order valence-corrected chi connectivity index (χ1v) is 5.60. The van der Waals surface area contributed by atoms with Crippen LogP contribution in [0.25, 0.3) is 0 Å². The van der Waals surface area contributed by atoms with E-state index in [2.05, 4.69) is 0 Å². The van der Waals surface area contributed by atoms with Crippen molar-refractivity contribution in [2.24, 2.45) is 11.7 Å². The van der Waals surface area contributed by atoms with Crippen LogP contribution in [0, 0.1) is 5.92 Å². The summed E-state index contributed by atoms with van der Waals surface area (Å²) in [6.45, 7) is 7.03. The summed E-state index contributed by atoms with van der Waals surface area (Å²) in [5, 5.41) is 9.02. The van der Waals surface area contributed by atoms with E-state index in [4.69, 9.17) is 23.1 Å². The highest BCUT2D eigenvalue weighted by atomic mass is 32.1. The predicted molar refractivity (Wildman–Crippen MR) is 64.9 cm³/mol. The van der Waals surface area contributed by atoms with Gasteiger partial charge in [0.2, 0.25) is 0 Å². The molecule has 0 amide bonds. The number of carbonyl (C=O) groups is 1. The number of carboxylic acid groups (broad SMARTS) is 1. The molecule has 0 rings (SSSR count). The van der Waals surface area contributed by atoms with Gasteiger partial charge in [0.1, 0.15) is 6.04 Å². The molecule has 0 spiro atoms. The Balaban J connectivity index is 4.46. The van der Waals surface area contributed by atoms with Gasteiger partial charge in [-0.15, -0.1) is 0 Å². The predicted octanol–water partition coefficient (Wildman–Crippen LogP) is 1.09. The van der Waals surface area contributed by atoms with Gasteiger partial charge in [-0.25, -0.2) is 0 Å². The van der Waals surface area contributed by atoms with Crippen LogP contribution in [0.2, 0.25) is 0 Å². The lowest BCUT2D eigenvalue weighted by Crippen LogP contribution is -2.44. The molecule has 0 aliphatic rings. The molecule has 0 aliphatic carbocycles. The van der Waals surface area contributed by atoms with Crippen molar-refractivity contribution in [2.75, 3.05) is 13.1 Å². The molecule has 3 N–H and O–H groups in total. The van der Waals surface area contributed by atoms with E-state index >= 15 is 0 Å². The quantitative estimate of drug-likeness (QED) is 0.643. The van der Waals surface area contributed by atoms with Crippen molar-refractivity contribution in [1.29, 1.82) is 0 Å². The lowest BCUT2D eigenvalue weighted by atomic mass is 10.1. The monoisotopic (exact) mass is 232 g/mol. The van der Waals surface area contributed by atoms with Crippen LogP contribution >= 0.6 is 12.2 Å². The number of rotatable bonds is 7. The molecule has 15 heavy (non-hydrogen) atoms.